The Balaban J connectivity index is 2.30. The van der Waals surface area contributed by atoms with E-state index in [-0.39, 0.29) is 0 Å². The normalized spacial score (nSPS) is 26.7. The molecule has 0 aliphatic heterocycles. The van der Waals surface area contributed by atoms with Crippen molar-refractivity contribution >= 4 is 15.8 Å². The summed E-state index contributed by atoms with van der Waals surface area (Å²) >= 11 is 0. The monoisotopic (exact) mass is 270 g/mol. The molecule has 1 aliphatic carbocycles. The van der Waals surface area contributed by atoms with Crippen molar-refractivity contribution < 1.29 is 23.1 Å². The molecule has 0 heterocycles. The van der Waals surface area contributed by atoms with Crippen LogP contribution in [0.1, 0.15) is 11.5 Å². The van der Waals surface area contributed by atoms with Crippen molar-refractivity contribution in [2.75, 3.05) is 13.4 Å². The molecule has 0 amide bonds. The largest absolute Gasteiger partial charge is 0.497 e. The first-order valence-corrected chi connectivity index (χ1v) is 7.37. The number of aliphatic carboxylic acids is 1. The zero-order valence-corrected chi connectivity index (χ0v) is 10.8. The van der Waals surface area contributed by atoms with Crippen LogP contribution in [0.15, 0.2) is 24.3 Å². The SMILES string of the molecule is COc1ccc([C@@H]2[C@@H](C(=O)O)[C@H]2S(C)(=O)=O)cc1. The number of rotatable bonds is 4. The first-order valence-electron chi connectivity index (χ1n) is 5.42. The van der Waals surface area contributed by atoms with E-state index >= 15 is 0 Å². The Morgan fingerprint density at radius 1 is 1.28 bits per heavy atom. The topological polar surface area (TPSA) is 80.7 Å². The molecule has 2 rings (SSSR count). The predicted octanol–water partition coefficient (Wildman–Crippen LogP) is 0.906. The standard InChI is InChI=1S/C12H14O5S/c1-17-8-5-3-7(4-6-8)9-10(12(13)14)11(9)18(2,15)16/h3-6,9-11H,1-2H3,(H,13,14)/t9-,10-,11+/m1/s1. The summed E-state index contributed by atoms with van der Waals surface area (Å²) in [7, 11) is -1.82. The van der Waals surface area contributed by atoms with Crippen LogP contribution in [0.4, 0.5) is 0 Å². The number of methoxy groups -OCH3 is 1. The first kappa shape index (κ1) is 12.9. The van der Waals surface area contributed by atoms with Gasteiger partial charge in [0.05, 0.1) is 18.3 Å². The summed E-state index contributed by atoms with van der Waals surface area (Å²) in [6.45, 7) is 0. The van der Waals surface area contributed by atoms with Crippen LogP contribution in [-0.4, -0.2) is 38.1 Å². The molecule has 1 aromatic rings. The van der Waals surface area contributed by atoms with Crippen molar-refractivity contribution in [3.05, 3.63) is 29.8 Å². The number of carboxylic acids is 1. The van der Waals surface area contributed by atoms with E-state index in [0.29, 0.717) is 5.75 Å². The van der Waals surface area contributed by atoms with Crippen molar-refractivity contribution in [1.29, 1.82) is 0 Å². The smallest absolute Gasteiger partial charge is 0.308 e. The Labute approximate surface area is 105 Å². The third-order valence-corrected chi connectivity index (χ3v) is 4.81. The summed E-state index contributed by atoms with van der Waals surface area (Å²) in [5, 5.41) is 8.21. The van der Waals surface area contributed by atoms with Gasteiger partial charge in [-0.3, -0.25) is 4.79 Å². The second kappa shape index (κ2) is 4.28. The van der Waals surface area contributed by atoms with Crippen LogP contribution in [-0.2, 0) is 14.6 Å². The number of hydrogen-bond acceptors (Lipinski definition) is 4. The van der Waals surface area contributed by atoms with Crippen molar-refractivity contribution in [2.24, 2.45) is 5.92 Å². The molecule has 5 nitrogen and oxygen atoms in total. The quantitative estimate of drug-likeness (QED) is 0.879. The van der Waals surface area contributed by atoms with Gasteiger partial charge in [-0.15, -0.1) is 0 Å². The molecule has 0 radical (unpaired) electrons. The van der Waals surface area contributed by atoms with E-state index in [0.717, 1.165) is 11.8 Å². The van der Waals surface area contributed by atoms with E-state index in [2.05, 4.69) is 0 Å². The molecule has 3 atom stereocenters. The van der Waals surface area contributed by atoms with Crippen LogP contribution in [0.3, 0.4) is 0 Å². The number of hydrogen-bond donors (Lipinski definition) is 1. The van der Waals surface area contributed by atoms with Gasteiger partial charge >= 0.3 is 5.97 Å². The number of carbonyl (C=O) groups is 1. The Bertz CT molecular complexity index is 561. The molecular weight excluding hydrogens is 256 g/mol. The average Bonchev–Trinajstić information content (AvgIpc) is 3.04. The first-order chi connectivity index (χ1) is 8.36. The molecule has 6 heteroatoms. The highest BCUT2D eigenvalue weighted by atomic mass is 32.2. The minimum absolute atomic E-state index is 0.455. The van der Waals surface area contributed by atoms with Crippen molar-refractivity contribution in [3.63, 3.8) is 0 Å². The van der Waals surface area contributed by atoms with Crippen LogP contribution >= 0.6 is 0 Å². The molecular formula is C12H14O5S. The second-order valence-corrected chi connectivity index (χ2v) is 6.66. The van der Waals surface area contributed by atoms with Gasteiger partial charge in [-0.05, 0) is 17.7 Å². The van der Waals surface area contributed by atoms with Crippen molar-refractivity contribution in [1.82, 2.24) is 0 Å². The van der Waals surface area contributed by atoms with Gasteiger partial charge in [0, 0.05) is 12.2 Å². The minimum atomic E-state index is -3.35. The molecule has 1 saturated carbocycles. The van der Waals surface area contributed by atoms with Gasteiger partial charge in [-0.25, -0.2) is 8.42 Å². The predicted molar refractivity (Wildman–Crippen MR) is 65.5 cm³/mol. The maximum Gasteiger partial charge on any atom is 0.308 e. The van der Waals surface area contributed by atoms with E-state index in [1.807, 2.05) is 0 Å². The lowest BCUT2D eigenvalue weighted by Crippen LogP contribution is -2.10. The molecule has 1 aromatic carbocycles. The number of carboxylic acid groups (broad SMARTS) is 1. The van der Waals surface area contributed by atoms with Crippen LogP contribution < -0.4 is 4.74 Å². The van der Waals surface area contributed by atoms with E-state index in [1.165, 1.54) is 7.11 Å². The molecule has 1 N–H and O–H groups in total. The lowest BCUT2D eigenvalue weighted by atomic mass is 10.1. The fraction of sp³-hybridized carbons (Fsp3) is 0.417. The summed E-state index contributed by atoms with van der Waals surface area (Å²) in [5.41, 5.74) is 0.721. The van der Waals surface area contributed by atoms with Gasteiger partial charge in [0.25, 0.3) is 0 Å². The van der Waals surface area contributed by atoms with E-state index in [1.54, 1.807) is 24.3 Å². The highest BCUT2D eigenvalue weighted by Crippen LogP contribution is 2.52. The maximum absolute atomic E-state index is 11.5. The van der Waals surface area contributed by atoms with Crippen LogP contribution in [0.25, 0.3) is 0 Å². The second-order valence-electron chi connectivity index (χ2n) is 4.46. The molecule has 0 unspecified atom stereocenters. The molecule has 18 heavy (non-hydrogen) atoms. The van der Waals surface area contributed by atoms with Crippen molar-refractivity contribution in [3.8, 4) is 5.75 Å². The summed E-state index contributed by atoms with van der Waals surface area (Å²) < 4.78 is 28.1. The average molecular weight is 270 g/mol. The lowest BCUT2D eigenvalue weighted by Gasteiger charge is -2.02. The minimum Gasteiger partial charge on any atom is -0.497 e. The van der Waals surface area contributed by atoms with Crippen LogP contribution in [0.5, 0.6) is 5.75 Å². The molecule has 1 aliphatic rings. The lowest BCUT2D eigenvalue weighted by molar-refractivity contribution is -0.138. The van der Waals surface area contributed by atoms with E-state index < -0.39 is 32.9 Å². The molecule has 98 valence electrons. The van der Waals surface area contributed by atoms with Gasteiger partial charge in [-0.2, -0.15) is 0 Å². The van der Waals surface area contributed by atoms with Crippen LogP contribution in [0.2, 0.25) is 0 Å². The Morgan fingerprint density at radius 2 is 1.83 bits per heavy atom. The summed E-state index contributed by atoms with van der Waals surface area (Å²) in [5.74, 6) is -1.70. The summed E-state index contributed by atoms with van der Waals surface area (Å²) in [6, 6.07) is 6.83. The zero-order valence-electron chi connectivity index (χ0n) is 10.0. The molecule has 0 aromatic heterocycles. The van der Waals surface area contributed by atoms with Gasteiger partial charge in [0.1, 0.15) is 5.75 Å². The highest BCUT2D eigenvalue weighted by Gasteiger charge is 2.61. The zero-order chi connectivity index (χ0) is 13.5. The summed E-state index contributed by atoms with van der Waals surface area (Å²) in [6.07, 6.45) is 1.08. The molecule has 0 saturated heterocycles. The Kier molecular flexibility index (Phi) is 3.06. The molecule has 0 spiro atoms. The number of ether oxygens (including phenoxy) is 1. The van der Waals surface area contributed by atoms with Gasteiger partial charge < -0.3 is 9.84 Å². The van der Waals surface area contributed by atoms with E-state index in [4.69, 9.17) is 9.84 Å². The fourth-order valence-corrected chi connectivity index (χ4v) is 3.92. The molecule has 1 fully saturated rings. The van der Waals surface area contributed by atoms with Crippen LogP contribution in [0, 0.1) is 5.92 Å². The highest BCUT2D eigenvalue weighted by molar-refractivity contribution is 7.91. The Hall–Kier alpha value is -1.56. The number of sulfone groups is 1. The van der Waals surface area contributed by atoms with Gasteiger partial charge in [0.15, 0.2) is 9.84 Å². The Morgan fingerprint density at radius 3 is 2.17 bits per heavy atom. The third-order valence-electron chi connectivity index (χ3n) is 3.23. The van der Waals surface area contributed by atoms with Gasteiger partial charge in [0.2, 0.25) is 0 Å². The fourth-order valence-electron chi connectivity index (χ4n) is 2.33. The summed E-state index contributed by atoms with van der Waals surface area (Å²) in [4.78, 5) is 11.0. The van der Waals surface area contributed by atoms with Crippen molar-refractivity contribution in [2.45, 2.75) is 11.2 Å². The molecule has 0 bridgehead atoms. The third kappa shape index (κ3) is 2.20. The van der Waals surface area contributed by atoms with E-state index in [9.17, 15) is 13.2 Å². The maximum atomic E-state index is 11.5. The van der Waals surface area contributed by atoms with Gasteiger partial charge in [-0.1, -0.05) is 12.1 Å². The number of benzene rings is 1.